The Kier molecular flexibility index (Phi) is 3.52. The largest absolute Gasteiger partial charge is 0.388 e. The van der Waals surface area contributed by atoms with Crippen molar-refractivity contribution in [2.75, 3.05) is 6.54 Å². The average molecular weight is 236 g/mol. The Morgan fingerprint density at radius 1 is 1.71 bits per heavy atom. The Morgan fingerprint density at radius 2 is 2.53 bits per heavy atom. The highest BCUT2D eigenvalue weighted by atomic mass is 16.3. The van der Waals surface area contributed by atoms with Gasteiger partial charge in [-0.15, -0.1) is 0 Å². The Morgan fingerprint density at radius 3 is 3.18 bits per heavy atom. The molecule has 2 atom stereocenters. The van der Waals surface area contributed by atoms with Crippen molar-refractivity contribution in [3.8, 4) is 0 Å². The summed E-state index contributed by atoms with van der Waals surface area (Å²) in [7, 11) is 0. The molecule has 1 heterocycles. The average Bonchev–Trinajstić information content (AvgIpc) is 2.79. The quantitative estimate of drug-likeness (QED) is 0.747. The molecule has 2 rings (SSSR count). The summed E-state index contributed by atoms with van der Waals surface area (Å²) in [5.41, 5.74) is -0.183. The number of rotatable bonds is 3. The van der Waals surface area contributed by atoms with Crippen molar-refractivity contribution < 1.29 is 9.90 Å². The molecular formula is C13H20N2O2. The molecule has 0 aliphatic heterocycles. The van der Waals surface area contributed by atoms with Gasteiger partial charge in [-0.05, 0) is 30.9 Å². The number of carbonyl (C=O) groups is 1. The van der Waals surface area contributed by atoms with Gasteiger partial charge in [-0.25, -0.2) is 0 Å². The van der Waals surface area contributed by atoms with Gasteiger partial charge in [0.1, 0.15) is 5.69 Å². The molecule has 4 heteroatoms. The van der Waals surface area contributed by atoms with E-state index in [0.717, 1.165) is 19.3 Å². The first kappa shape index (κ1) is 12.2. The summed E-state index contributed by atoms with van der Waals surface area (Å²) in [6.07, 6.45) is 5.48. The van der Waals surface area contributed by atoms with E-state index in [-0.39, 0.29) is 5.91 Å². The number of hydrogen-bond acceptors (Lipinski definition) is 2. The second-order valence-electron chi connectivity index (χ2n) is 5.19. The van der Waals surface area contributed by atoms with Gasteiger partial charge >= 0.3 is 0 Å². The molecule has 94 valence electrons. The number of carbonyl (C=O) groups excluding carboxylic acids is 1. The van der Waals surface area contributed by atoms with E-state index >= 15 is 0 Å². The highest BCUT2D eigenvalue weighted by Gasteiger charge is 2.32. The number of amides is 1. The van der Waals surface area contributed by atoms with Crippen molar-refractivity contribution in [1.29, 1.82) is 0 Å². The van der Waals surface area contributed by atoms with Crippen molar-refractivity contribution in [1.82, 2.24) is 10.3 Å². The molecule has 1 fully saturated rings. The standard InChI is InChI=1S/C13H20N2O2/c1-10-4-2-6-13(17,8-10)9-15-12(16)11-5-3-7-14-11/h3,5,7,10,14,17H,2,4,6,8-9H2,1H3,(H,15,16). The molecule has 1 aliphatic carbocycles. The summed E-state index contributed by atoms with van der Waals surface area (Å²) in [5.74, 6) is 0.387. The number of aromatic nitrogens is 1. The minimum absolute atomic E-state index is 0.151. The number of aliphatic hydroxyl groups is 1. The minimum Gasteiger partial charge on any atom is -0.388 e. The molecule has 17 heavy (non-hydrogen) atoms. The Labute approximate surface area is 101 Å². The molecule has 2 unspecified atom stereocenters. The molecule has 1 aromatic heterocycles. The molecule has 0 bridgehead atoms. The maximum absolute atomic E-state index is 11.7. The Hall–Kier alpha value is -1.29. The van der Waals surface area contributed by atoms with Crippen LogP contribution in [0.1, 0.15) is 43.1 Å². The lowest BCUT2D eigenvalue weighted by molar-refractivity contribution is -0.0109. The van der Waals surface area contributed by atoms with Crippen LogP contribution >= 0.6 is 0 Å². The fraction of sp³-hybridized carbons (Fsp3) is 0.615. The van der Waals surface area contributed by atoms with Gasteiger partial charge in [0.2, 0.25) is 0 Å². The highest BCUT2D eigenvalue weighted by Crippen LogP contribution is 2.31. The Bertz CT molecular complexity index is 375. The second-order valence-corrected chi connectivity index (χ2v) is 5.19. The molecule has 3 N–H and O–H groups in total. The third-order valence-electron chi connectivity index (χ3n) is 3.49. The molecule has 0 aromatic carbocycles. The molecule has 0 saturated heterocycles. The second kappa shape index (κ2) is 4.92. The van der Waals surface area contributed by atoms with Crippen LogP contribution in [0, 0.1) is 5.92 Å². The zero-order chi connectivity index (χ0) is 12.3. The SMILES string of the molecule is CC1CCCC(O)(CNC(=O)c2ccc[nH]2)C1. The van der Waals surface area contributed by atoms with Gasteiger partial charge < -0.3 is 15.4 Å². The normalized spacial score (nSPS) is 28.9. The monoisotopic (exact) mass is 236 g/mol. The predicted octanol–water partition coefficient (Wildman–Crippen LogP) is 1.69. The van der Waals surface area contributed by atoms with Crippen LogP contribution in [0.5, 0.6) is 0 Å². The van der Waals surface area contributed by atoms with Gasteiger partial charge in [-0.3, -0.25) is 4.79 Å². The number of H-pyrrole nitrogens is 1. The first-order valence-corrected chi connectivity index (χ1v) is 6.23. The lowest BCUT2D eigenvalue weighted by atomic mass is 9.79. The van der Waals surface area contributed by atoms with Crippen LogP contribution in [-0.4, -0.2) is 28.1 Å². The van der Waals surface area contributed by atoms with Gasteiger partial charge in [0.05, 0.1) is 5.60 Å². The summed E-state index contributed by atoms with van der Waals surface area (Å²) in [5, 5.41) is 13.2. The highest BCUT2D eigenvalue weighted by molar-refractivity contribution is 5.92. The zero-order valence-electron chi connectivity index (χ0n) is 10.2. The van der Waals surface area contributed by atoms with Crippen molar-refractivity contribution in [3.63, 3.8) is 0 Å². The molecule has 1 saturated carbocycles. The first-order chi connectivity index (χ1) is 8.09. The van der Waals surface area contributed by atoms with Crippen LogP contribution < -0.4 is 5.32 Å². The van der Waals surface area contributed by atoms with E-state index < -0.39 is 5.60 Å². The van der Waals surface area contributed by atoms with Crippen LogP contribution in [-0.2, 0) is 0 Å². The summed E-state index contributed by atoms with van der Waals surface area (Å²) in [6.45, 7) is 2.49. The molecule has 4 nitrogen and oxygen atoms in total. The van der Waals surface area contributed by atoms with Crippen LogP contribution in [0.4, 0.5) is 0 Å². The number of nitrogens with one attached hydrogen (secondary N) is 2. The minimum atomic E-state index is -0.722. The van der Waals surface area contributed by atoms with E-state index in [2.05, 4.69) is 17.2 Å². The molecular weight excluding hydrogens is 216 g/mol. The smallest absolute Gasteiger partial charge is 0.267 e. The predicted molar refractivity (Wildman–Crippen MR) is 65.7 cm³/mol. The van der Waals surface area contributed by atoms with Crippen LogP contribution in [0.2, 0.25) is 0 Å². The molecule has 1 aromatic rings. The van der Waals surface area contributed by atoms with Crippen molar-refractivity contribution in [3.05, 3.63) is 24.0 Å². The van der Waals surface area contributed by atoms with Crippen molar-refractivity contribution in [2.24, 2.45) is 5.92 Å². The maximum atomic E-state index is 11.7. The van der Waals surface area contributed by atoms with Crippen LogP contribution in [0.3, 0.4) is 0 Å². The van der Waals surface area contributed by atoms with E-state index in [1.165, 1.54) is 6.42 Å². The lowest BCUT2D eigenvalue weighted by Gasteiger charge is -2.35. The van der Waals surface area contributed by atoms with Crippen LogP contribution in [0.15, 0.2) is 18.3 Å². The van der Waals surface area contributed by atoms with Crippen molar-refractivity contribution >= 4 is 5.91 Å². The number of aromatic amines is 1. The first-order valence-electron chi connectivity index (χ1n) is 6.23. The third kappa shape index (κ3) is 3.09. The molecule has 0 radical (unpaired) electrons. The molecule has 1 amide bonds. The summed E-state index contributed by atoms with van der Waals surface area (Å²) in [6, 6.07) is 3.51. The Balaban J connectivity index is 1.87. The van der Waals surface area contributed by atoms with E-state index in [4.69, 9.17) is 0 Å². The van der Waals surface area contributed by atoms with Gasteiger partial charge in [-0.1, -0.05) is 19.8 Å². The fourth-order valence-corrected chi connectivity index (χ4v) is 2.60. The summed E-state index contributed by atoms with van der Waals surface area (Å²) in [4.78, 5) is 14.6. The van der Waals surface area contributed by atoms with E-state index in [0.29, 0.717) is 18.2 Å². The fourth-order valence-electron chi connectivity index (χ4n) is 2.60. The maximum Gasteiger partial charge on any atom is 0.267 e. The van der Waals surface area contributed by atoms with Gasteiger partial charge in [0.15, 0.2) is 0 Å². The van der Waals surface area contributed by atoms with E-state index in [1.54, 1.807) is 18.3 Å². The third-order valence-corrected chi connectivity index (χ3v) is 3.49. The number of hydrogen-bond donors (Lipinski definition) is 3. The van der Waals surface area contributed by atoms with Gasteiger partial charge in [0.25, 0.3) is 5.91 Å². The lowest BCUT2D eigenvalue weighted by Crippen LogP contribution is -2.45. The van der Waals surface area contributed by atoms with E-state index in [9.17, 15) is 9.90 Å². The zero-order valence-corrected chi connectivity index (χ0v) is 10.2. The van der Waals surface area contributed by atoms with Crippen LogP contribution in [0.25, 0.3) is 0 Å². The summed E-state index contributed by atoms with van der Waals surface area (Å²) < 4.78 is 0. The van der Waals surface area contributed by atoms with Crippen molar-refractivity contribution in [2.45, 2.75) is 38.2 Å². The van der Waals surface area contributed by atoms with Gasteiger partial charge in [-0.2, -0.15) is 0 Å². The van der Waals surface area contributed by atoms with E-state index in [1.807, 2.05) is 0 Å². The summed E-state index contributed by atoms with van der Waals surface area (Å²) >= 11 is 0. The molecule has 0 spiro atoms. The molecule has 1 aliphatic rings. The topological polar surface area (TPSA) is 65.1 Å². The van der Waals surface area contributed by atoms with Gasteiger partial charge in [0, 0.05) is 12.7 Å².